The molecule has 11 heteroatoms. The number of hydrogen-bond donors (Lipinski definition) is 0. The third-order valence-corrected chi connectivity index (χ3v) is 7.51. The maximum absolute atomic E-state index is 15.0. The molecule has 0 radical (unpaired) electrons. The molecule has 0 spiro atoms. The van der Waals surface area contributed by atoms with Crippen molar-refractivity contribution >= 4 is 10.8 Å². The molecule has 1 nitrogen and oxygen atoms in total. The highest BCUT2D eigenvalue weighted by Crippen LogP contribution is 2.42. The molecule has 1 aliphatic carbocycles. The van der Waals surface area contributed by atoms with Gasteiger partial charge in [-0.05, 0) is 60.7 Å². The molecular weight excluding hydrogens is 578 g/mol. The van der Waals surface area contributed by atoms with E-state index in [1.165, 1.54) is 5.92 Å². The van der Waals surface area contributed by atoms with Crippen LogP contribution in [0.4, 0.5) is 43.9 Å². The van der Waals surface area contributed by atoms with Gasteiger partial charge in [0.1, 0.15) is 29.0 Å². The molecule has 0 amide bonds. The third kappa shape index (κ3) is 7.13. The zero-order valence-electron chi connectivity index (χ0n) is 22.4. The average molecular weight is 605 g/mol. The SMILES string of the molecule is CCCCCC1CCC(C(F)(F)Oc2cc(F)c(-c3cc(F)c4c(F)c(C#CC(F)(F)F)c(F)cc4c3)c(F)c2)CC1. The summed E-state index contributed by atoms with van der Waals surface area (Å²) in [6, 6.07) is 2.77. The minimum atomic E-state index is -5.07. The Morgan fingerprint density at radius 1 is 0.786 bits per heavy atom. The zero-order valence-corrected chi connectivity index (χ0v) is 22.4. The van der Waals surface area contributed by atoms with Crippen molar-refractivity contribution in [1.29, 1.82) is 0 Å². The van der Waals surface area contributed by atoms with Gasteiger partial charge in [0.15, 0.2) is 5.82 Å². The molecule has 1 saturated carbocycles. The van der Waals surface area contributed by atoms with Gasteiger partial charge in [0.2, 0.25) is 0 Å². The summed E-state index contributed by atoms with van der Waals surface area (Å²) in [5.41, 5.74) is -2.76. The van der Waals surface area contributed by atoms with Gasteiger partial charge in [-0.25, -0.2) is 22.0 Å². The van der Waals surface area contributed by atoms with E-state index in [4.69, 9.17) is 4.74 Å². The second-order valence-electron chi connectivity index (χ2n) is 10.5. The van der Waals surface area contributed by atoms with Crippen LogP contribution in [0.1, 0.15) is 63.9 Å². The molecule has 0 atom stereocenters. The van der Waals surface area contributed by atoms with E-state index in [9.17, 15) is 35.1 Å². The molecule has 0 aliphatic heterocycles. The topological polar surface area (TPSA) is 9.23 Å². The first-order chi connectivity index (χ1) is 19.7. The van der Waals surface area contributed by atoms with Crippen LogP contribution in [0.15, 0.2) is 30.3 Å². The summed E-state index contributed by atoms with van der Waals surface area (Å²) in [5, 5.41) is -1.51. The summed E-state index contributed by atoms with van der Waals surface area (Å²) in [5.74, 6) is -7.19. The van der Waals surface area contributed by atoms with Crippen LogP contribution in [-0.4, -0.2) is 12.3 Å². The molecule has 0 saturated heterocycles. The minimum absolute atomic E-state index is 0.194. The van der Waals surface area contributed by atoms with Crippen LogP contribution in [0.3, 0.4) is 0 Å². The van der Waals surface area contributed by atoms with Crippen LogP contribution in [-0.2, 0) is 0 Å². The van der Waals surface area contributed by atoms with Crippen LogP contribution < -0.4 is 4.74 Å². The fraction of sp³-hybridized carbons (Fsp3) is 0.419. The van der Waals surface area contributed by atoms with E-state index in [1.807, 2.05) is 0 Å². The number of halogens is 10. The van der Waals surface area contributed by atoms with Crippen LogP contribution in [0.25, 0.3) is 21.9 Å². The fourth-order valence-electron chi connectivity index (χ4n) is 5.40. The lowest BCUT2D eigenvalue weighted by atomic mass is 9.79. The van der Waals surface area contributed by atoms with Crippen LogP contribution in [0, 0.1) is 52.8 Å². The maximum Gasteiger partial charge on any atom is 0.458 e. The van der Waals surface area contributed by atoms with Crippen molar-refractivity contribution in [2.24, 2.45) is 11.8 Å². The van der Waals surface area contributed by atoms with Crippen LogP contribution in [0.2, 0.25) is 0 Å². The molecule has 3 aromatic carbocycles. The Balaban J connectivity index is 1.58. The van der Waals surface area contributed by atoms with Crippen molar-refractivity contribution in [3.8, 4) is 28.7 Å². The summed E-state index contributed by atoms with van der Waals surface area (Å²) in [4.78, 5) is 0. The van der Waals surface area contributed by atoms with Gasteiger partial charge < -0.3 is 4.74 Å². The Bertz CT molecular complexity index is 1490. The van der Waals surface area contributed by atoms with Gasteiger partial charge in [-0.15, -0.1) is 0 Å². The smallest absolute Gasteiger partial charge is 0.432 e. The molecule has 3 aromatic rings. The van der Waals surface area contributed by atoms with Crippen molar-refractivity contribution in [3.63, 3.8) is 0 Å². The summed E-state index contributed by atoms with van der Waals surface area (Å²) in [6.45, 7) is 2.08. The second kappa shape index (κ2) is 12.4. The van der Waals surface area contributed by atoms with Crippen molar-refractivity contribution in [2.45, 2.75) is 70.6 Å². The van der Waals surface area contributed by atoms with Gasteiger partial charge in [-0.3, -0.25) is 0 Å². The number of ether oxygens (including phenoxy) is 1. The van der Waals surface area contributed by atoms with Crippen molar-refractivity contribution < 1.29 is 48.6 Å². The highest BCUT2D eigenvalue weighted by atomic mass is 19.4. The minimum Gasteiger partial charge on any atom is -0.432 e. The number of rotatable bonds is 8. The molecule has 0 N–H and O–H groups in total. The van der Waals surface area contributed by atoms with E-state index in [2.05, 4.69) is 6.92 Å². The molecule has 42 heavy (non-hydrogen) atoms. The monoisotopic (exact) mass is 604 g/mol. The zero-order chi connectivity index (χ0) is 30.8. The van der Waals surface area contributed by atoms with Gasteiger partial charge in [0.25, 0.3) is 0 Å². The number of fused-ring (bicyclic) bond motifs is 1. The van der Waals surface area contributed by atoms with Crippen molar-refractivity contribution in [2.75, 3.05) is 0 Å². The average Bonchev–Trinajstić information content (AvgIpc) is 2.87. The Kier molecular flexibility index (Phi) is 9.33. The maximum atomic E-state index is 15.0. The molecule has 226 valence electrons. The van der Waals surface area contributed by atoms with Gasteiger partial charge in [-0.1, -0.05) is 38.5 Å². The lowest BCUT2D eigenvalue weighted by molar-refractivity contribution is -0.223. The van der Waals surface area contributed by atoms with Crippen LogP contribution >= 0.6 is 0 Å². The Morgan fingerprint density at radius 3 is 2.02 bits per heavy atom. The molecule has 0 heterocycles. The van der Waals surface area contributed by atoms with E-state index in [1.54, 1.807) is 0 Å². The Hall–Kier alpha value is -3.42. The summed E-state index contributed by atoms with van der Waals surface area (Å²) in [6.07, 6.45) is -3.05. The first kappa shape index (κ1) is 31.5. The molecule has 1 aliphatic rings. The Labute approximate surface area is 235 Å². The number of unbranched alkanes of at least 4 members (excludes halogenated alkanes) is 2. The molecule has 0 unspecified atom stereocenters. The molecule has 1 fully saturated rings. The van der Waals surface area contributed by atoms with Gasteiger partial charge >= 0.3 is 12.3 Å². The first-order valence-corrected chi connectivity index (χ1v) is 13.5. The van der Waals surface area contributed by atoms with Gasteiger partial charge in [0, 0.05) is 18.1 Å². The highest BCUT2D eigenvalue weighted by molar-refractivity contribution is 5.90. The summed E-state index contributed by atoms with van der Waals surface area (Å²) in [7, 11) is 0. The molecular formula is C31H26F10O. The van der Waals surface area contributed by atoms with E-state index in [0.717, 1.165) is 31.7 Å². The standard InChI is InChI=1S/C31H26F10O/c1-2-3-4-5-17-6-8-20(9-7-17)31(40,41)42-21-15-25(34)27(26(35)16-21)18-12-19-13-23(32)22(10-11-30(37,38)39)29(36)28(19)24(33)14-18/h12-17,20H,2-9H2,1H3. The van der Waals surface area contributed by atoms with Crippen LogP contribution in [0.5, 0.6) is 5.75 Å². The second-order valence-corrected chi connectivity index (χ2v) is 10.5. The first-order valence-electron chi connectivity index (χ1n) is 13.5. The number of alkyl halides is 5. The normalized spacial score (nSPS) is 17.7. The lowest BCUT2D eigenvalue weighted by Gasteiger charge is -2.33. The lowest BCUT2D eigenvalue weighted by Crippen LogP contribution is -2.37. The predicted octanol–water partition coefficient (Wildman–Crippen LogP) is 10.5. The number of hydrogen-bond acceptors (Lipinski definition) is 1. The quantitative estimate of drug-likeness (QED) is 0.141. The van der Waals surface area contributed by atoms with Gasteiger partial charge in [-0.2, -0.15) is 22.0 Å². The fourth-order valence-corrected chi connectivity index (χ4v) is 5.40. The van der Waals surface area contributed by atoms with Crippen molar-refractivity contribution in [3.05, 3.63) is 65.0 Å². The molecule has 0 aromatic heterocycles. The predicted molar refractivity (Wildman–Crippen MR) is 137 cm³/mol. The molecule has 0 bridgehead atoms. The van der Waals surface area contributed by atoms with E-state index in [-0.39, 0.29) is 12.8 Å². The largest absolute Gasteiger partial charge is 0.458 e. The van der Waals surface area contributed by atoms with E-state index in [0.29, 0.717) is 48.9 Å². The third-order valence-electron chi connectivity index (χ3n) is 7.51. The van der Waals surface area contributed by atoms with Crippen molar-refractivity contribution in [1.82, 2.24) is 0 Å². The summed E-state index contributed by atoms with van der Waals surface area (Å²) >= 11 is 0. The summed E-state index contributed by atoms with van der Waals surface area (Å²) < 4.78 is 146. The molecule has 4 rings (SSSR count). The van der Waals surface area contributed by atoms with E-state index >= 15 is 8.78 Å². The van der Waals surface area contributed by atoms with Gasteiger partial charge in [0.05, 0.1) is 22.4 Å². The number of benzene rings is 3. The van der Waals surface area contributed by atoms with E-state index < -0.39 is 80.5 Å². The highest BCUT2D eigenvalue weighted by Gasteiger charge is 2.44. The Morgan fingerprint density at radius 2 is 1.43 bits per heavy atom.